The Labute approximate surface area is 96.6 Å². The van der Waals surface area contributed by atoms with Crippen molar-refractivity contribution >= 4 is 11.6 Å². The Kier molecular flexibility index (Phi) is 4.43. The number of benzene rings is 1. The van der Waals surface area contributed by atoms with Crippen LogP contribution in [0.5, 0.6) is 5.75 Å². The van der Waals surface area contributed by atoms with E-state index in [4.69, 9.17) is 16.3 Å². The summed E-state index contributed by atoms with van der Waals surface area (Å²) in [6.07, 6.45) is 0.981. The van der Waals surface area contributed by atoms with Crippen LogP contribution in [0, 0.1) is 0 Å². The highest BCUT2D eigenvalue weighted by Crippen LogP contribution is 2.31. The molecule has 1 N–H and O–H groups in total. The molecule has 0 fully saturated rings. The first-order valence-corrected chi connectivity index (χ1v) is 5.55. The van der Waals surface area contributed by atoms with Gasteiger partial charge in [-0.1, -0.05) is 18.5 Å². The summed E-state index contributed by atoms with van der Waals surface area (Å²) in [5, 5.41) is 3.89. The number of aryl methyl sites for hydroxylation is 1. The van der Waals surface area contributed by atoms with Gasteiger partial charge in [-0.05, 0) is 43.7 Å². The predicted molar refractivity (Wildman–Crippen MR) is 64.9 cm³/mol. The molecule has 0 amide bonds. The van der Waals surface area contributed by atoms with Gasteiger partial charge < -0.3 is 10.1 Å². The Morgan fingerprint density at radius 3 is 2.60 bits per heavy atom. The van der Waals surface area contributed by atoms with Gasteiger partial charge in [0.2, 0.25) is 0 Å². The molecule has 0 aromatic heterocycles. The summed E-state index contributed by atoms with van der Waals surface area (Å²) in [6, 6.07) is 4.31. The molecule has 0 aliphatic rings. The average Bonchev–Trinajstić information content (AvgIpc) is 2.27. The van der Waals surface area contributed by atoms with Gasteiger partial charge in [-0.3, -0.25) is 0 Å². The van der Waals surface area contributed by atoms with Gasteiger partial charge in [-0.15, -0.1) is 0 Å². The number of methoxy groups -OCH3 is 1. The minimum Gasteiger partial charge on any atom is -0.495 e. The maximum atomic E-state index is 6.11. The lowest BCUT2D eigenvalue weighted by Crippen LogP contribution is -2.14. The molecule has 0 radical (unpaired) electrons. The smallest absolute Gasteiger partial charge is 0.137 e. The quantitative estimate of drug-likeness (QED) is 0.853. The molecule has 1 atom stereocenters. The van der Waals surface area contributed by atoms with Crippen LogP contribution in [0.2, 0.25) is 5.02 Å². The topological polar surface area (TPSA) is 21.3 Å². The first-order chi connectivity index (χ1) is 7.13. The number of rotatable bonds is 4. The van der Waals surface area contributed by atoms with E-state index in [-0.39, 0.29) is 0 Å². The number of ether oxygens (including phenoxy) is 1. The van der Waals surface area contributed by atoms with Crippen molar-refractivity contribution in [2.75, 3.05) is 14.2 Å². The molecular formula is C12H18ClNO. The molecule has 1 rings (SSSR count). The molecule has 0 saturated carbocycles. The summed E-state index contributed by atoms with van der Waals surface area (Å²) in [7, 11) is 3.59. The van der Waals surface area contributed by atoms with E-state index in [9.17, 15) is 0 Å². The lowest BCUT2D eigenvalue weighted by molar-refractivity contribution is 0.414. The van der Waals surface area contributed by atoms with Crippen molar-refractivity contribution in [3.05, 3.63) is 28.3 Å². The summed E-state index contributed by atoms with van der Waals surface area (Å²) >= 11 is 6.11. The van der Waals surface area contributed by atoms with E-state index in [1.165, 1.54) is 11.1 Å². The highest BCUT2D eigenvalue weighted by atomic mass is 35.5. The third-order valence-corrected chi connectivity index (χ3v) is 2.99. The van der Waals surface area contributed by atoms with Crippen molar-refractivity contribution in [3.8, 4) is 5.75 Å². The minimum absolute atomic E-state index is 0.309. The highest BCUT2D eigenvalue weighted by molar-refractivity contribution is 6.32. The van der Waals surface area contributed by atoms with Crippen LogP contribution in [-0.2, 0) is 6.42 Å². The van der Waals surface area contributed by atoms with Crippen molar-refractivity contribution < 1.29 is 4.74 Å². The van der Waals surface area contributed by atoms with E-state index in [0.29, 0.717) is 11.1 Å². The molecule has 0 saturated heterocycles. The first-order valence-electron chi connectivity index (χ1n) is 5.17. The zero-order chi connectivity index (χ0) is 11.4. The van der Waals surface area contributed by atoms with Gasteiger partial charge >= 0.3 is 0 Å². The second-order valence-corrected chi connectivity index (χ2v) is 3.96. The average molecular weight is 228 g/mol. The third kappa shape index (κ3) is 2.64. The molecular weight excluding hydrogens is 210 g/mol. The predicted octanol–water partition coefficient (Wildman–Crippen LogP) is 3.19. The molecule has 84 valence electrons. The fourth-order valence-electron chi connectivity index (χ4n) is 1.63. The molecule has 2 nitrogen and oxygen atoms in total. The monoisotopic (exact) mass is 227 g/mol. The molecule has 0 aliphatic carbocycles. The second-order valence-electron chi connectivity index (χ2n) is 3.55. The third-order valence-electron chi connectivity index (χ3n) is 2.69. The van der Waals surface area contributed by atoms with Gasteiger partial charge in [0.15, 0.2) is 0 Å². The normalized spacial score (nSPS) is 12.6. The maximum Gasteiger partial charge on any atom is 0.137 e. The van der Waals surface area contributed by atoms with E-state index in [1.54, 1.807) is 7.11 Å². The van der Waals surface area contributed by atoms with Crippen LogP contribution in [0.15, 0.2) is 12.1 Å². The summed E-state index contributed by atoms with van der Waals surface area (Å²) in [5.74, 6) is 0.751. The summed E-state index contributed by atoms with van der Waals surface area (Å²) in [4.78, 5) is 0. The van der Waals surface area contributed by atoms with Gasteiger partial charge in [0, 0.05) is 6.04 Å². The van der Waals surface area contributed by atoms with Crippen LogP contribution < -0.4 is 10.1 Å². The Morgan fingerprint density at radius 1 is 1.47 bits per heavy atom. The Balaban J connectivity index is 3.21. The van der Waals surface area contributed by atoms with Crippen molar-refractivity contribution in [1.82, 2.24) is 5.32 Å². The number of hydrogen-bond acceptors (Lipinski definition) is 2. The van der Waals surface area contributed by atoms with E-state index in [1.807, 2.05) is 19.2 Å². The van der Waals surface area contributed by atoms with Crippen LogP contribution in [0.4, 0.5) is 0 Å². The fraction of sp³-hybridized carbons (Fsp3) is 0.500. The number of nitrogens with one attached hydrogen (secondary N) is 1. The molecule has 0 aliphatic heterocycles. The standard InChI is InChI=1S/C12H18ClNO/c1-5-9-6-12(15-4)11(13)7-10(9)8(2)14-3/h6-8,14H,5H2,1-4H3. The van der Waals surface area contributed by atoms with Crippen molar-refractivity contribution in [2.24, 2.45) is 0 Å². The van der Waals surface area contributed by atoms with Crippen molar-refractivity contribution in [2.45, 2.75) is 26.3 Å². The molecule has 1 aromatic carbocycles. The molecule has 1 unspecified atom stereocenters. The van der Waals surface area contributed by atoms with Gasteiger partial charge in [-0.25, -0.2) is 0 Å². The Morgan fingerprint density at radius 2 is 2.13 bits per heavy atom. The lowest BCUT2D eigenvalue weighted by atomic mass is 9.99. The van der Waals surface area contributed by atoms with Gasteiger partial charge in [0.25, 0.3) is 0 Å². The molecule has 0 heterocycles. The first kappa shape index (κ1) is 12.3. The zero-order valence-electron chi connectivity index (χ0n) is 9.73. The Bertz CT molecular complexity index is 339. The molecule has 1 aromatic rings. The van der Waals surface area contributed by atoms with Gasteiger partial charge in [-0.2, -0.15) is 0 Å². The summed E-state index contributed by atoms with van der Waals surface area (Å²) in [6.45, 7) is 4.26. The van der Waals surface area contributed by atoms with E-state index in [0.717, 1.165) is 12.2 Å². The highest BCUT2D eigenvalue weighted by Gasteiger charge is 2.12. The SMILES string of the molecule is CCc1cc(OC)c(Cl)cc1C(C)NC. The maximum absolute atomic E-state index is 6.11. The summed E-state index contributed by atoms with van der Waals surface area (Å²) in [5.41, 5.74) is 2.52. The summed E-state index contributed by atoms with van der Waals surface area (Å²) < 4.78 is 5.20. The van der Waals surface area contributed by atoms with E-state index >= 15 is 0 Å². The van der Waals surface area contributed by atoms with E-state index < -0.39 is 0 Å². The molecule has 3 heteroatoms. The van der Waals surface area contributed by atoms with Crippen molar-refractivity contribution in [3.63, 3.8) is 0 Å². The Hall–Kier alpha value is -0.730. The largest absolute Gasteiger partial charge is 0.495 e. The number of halogens is 1. The van der Waals surface area contributed by atoms with Crippen LogP contribution in [-0.4, -0.2) is 14.2 Å². The van der Waals surface area contributed by atoms with Crippen LogP contribution in [0.3, 0.4) is 0 Å². The number of hydrogen-bond donors (Lipinski definition) is 1. The van der Waals surface area contributed by atoms with Gasteiger partial charge in [0.1, 0.15) is 5.75 Å². The van der Waals surface area contributed by atoms with Gasteiger partial charge in [0.05, 0.1) is 12.1 Å². The molecule has 0 spiro atoms. The van der Waals surface area contributed by atoms with Crippen LogP contribution in [0.25, 0.3) is 0 Å². The fourth-order valence-corrected chi connectivity index (χ4v) is 1.88. The van der Waals surface area contributed by atoms with Crippen LogP contribution >= 0.6 is 11.6 Å². The van der Waals surface area contributed by atoms with E-state index in [2.05, 4.69) is 19.2 Å². The molecule has 0 bridgehead atoms. The molecule has 15 heavy (non-hydrogen) atoms. The minimum atomic E-state index is 0.309. The second kappa shape index (κ2) is 5.38. The van der Waals surface area contributed by atoms with Crippen molar-refractivity contribution in [1.29, 1.82) is 0 Å². The lowest BCUT2D eigenvalue weighted by Gasteiger charge is -2.17. The van der Waals surface area contributed by atoms with Crippen LogP contribution in [0.1, 0.15) is 31.0 Å². The zero-order valence-corrected chi connectivity index (χ0v) is 10.5.